The summed E-state index contributed by atoms with van der Waals surface area (Å²) in [6, 6.07) is -0.835. The van der Waals surface area contributed by atoms with Gasteiger partial charge < -0.3 is 4.55 Å². The van der Waals surface area contributed by atoms with Crippen LogP contribution in [0.1, 0.15) is 33.6 Å². The molecule has 2 unspecified atom stereocenters. The van der Waals surface area contributed by atoms with E-state index in [2.05, 4.69) is 4.72 Å². The summed E-state index contributed by atoms with van der Waals surface area (Å²) in [6.07, 6.45) is -0.452. The first-order valence-electron chi connectivity index (χ1n) is 5.48. The van der Waals surface area contributed by atoms with Crippen LogP contribution >= 0.6 is 0 Å². The van der Waals surface area contributed by atoms with Gasteiger partial charge in [0.2, 0.25) is 0 Å². The van der Waals surface area contributed by atoms with E-state index in [1.807, 2.05) is 0 Å². The lowest BCUT2D eigenvalue weighted by Crippen LogP contribution is -2.48. The van der Waals surface area contributed by atoms with Crippen LogP contribution in [0.2, 0.25) is 0 Å². The fourth-order valence-corrected chi connectivity index (χ4v) is 1.97. The summed E-state index contributed by atoms with van der Waals surface area (Å²) in [6.45, 7) is 4.63. The molecule has 0 aliphatic heterocycles. The molecular formula is C11H20F3NOS. The third-order valence-corrected chi connectivity index (χ3v) is 3.73. The molecule has 6 heteroatoms. The molecule has 0 spiro atoms. The lowest BCUT2D eigenvalue weighted by atomic mass is 10.1. The molecule has 0 amide bonds. The number of nitrogens with one attached hydrogen (secondary N) is 1. The summed E-state index contributed by atoms with van der Waals surface area (Å²) < 4.78 is 51.3. The fourth-order valence-electron chi connectivity index (χ4n) is 1.10. The van der Waals surface area contributed by atoms with Gasteiger partial charge in [-0.05, 0) is 39.7 Å². The zero-order valence-electron chi connectivity index (χ0n) is 10.4. The van der Waals surface area contributed by atoms with Crippen LogP contribution in [0.3, 0.4) is 0 Å². The van der Waals surface area contributed by atoms with Crippen LogP contribution in [0.15, 0.2) is 12.4 Å². The first-order chi connectivity index (χ1) is 7.82. The van der Waals surface area contributed by atoms with Crippen LogP contribution in [0.25, 0.3) is 0 Å². The Morgan fingerprint density at radius 2 is 2.00 bits per heavy atom. The highest BCUT2D eigenvalue weighted by Crippen LogP contribution is 2.17. The zero-order valence-corrected chi connectivity index (χ0v) is 11.2. The minimum atomic E-state index is -1.61. The maximum atomic E-state index is 13.5. The molecule has 0 aliphatic carbocycles. The van der Waals surface area contributed by atoms with Crippen LogP contribution in [0.4, 0.5) is 13.2 Å². The molecule has 0 aliphatic rings. The van der Waals surface area contributed by atoms with Crippen LogP contribution in [-0.2, 0) is 11.4 Å². The van der Waals surface area contributed by atoms with Gasteiger partial charge in [-0.15, -0.1) is 4.72 Å². The molecule has 17 heavy (non-hydrogen) atoms. The molecule has 2 nitrogen and oxygen atoms in total. The van der Waals surface area contributed by atoms with Crippen molar-refractivity contribution in [2.45, 2.75) is 50.6 Å². The molecule has 0 heterocycles. The average Bonchev–Trinajstić information content (AvgIpc) is 2.22. The van der Waals surface area contributed by atoms with E-state index in [0.717, 1.165) is 6.08 Å². The largest absolute Gasteiger partial charge is 0.598 e. The lowest BCUT2D eigenvalue weighted by Gasteiger charge is -2.28. The molecule has 0 aromatic rings. The van der Waals surface area contributed by atoms with Gasteiger partial charge in [0.1, 0.15) is 10.9 Å². The quantitative estimate of drug-likeness (QED) is 0.722. The Balaban J connectivity index is 4.47. The maximum absolute atomic E-state index is 13.5. The van der Waals surface area contributed by atoms with Gasteiger partial charge >= 0.3 is 0 Å². The summed E-state index contributed by atoms with van der Waals surface area (Å²) in [4.78, 5) is 0. The highest BCUT2D eigenvalue weighted by Gasteiger charge is 2.31. The van der Waals surface area contributed by atoms with Gasteiger partial charge in [0, 0.05) is 11.4 Å². The number of hydrogen-bond donors (Lipinski definition) is 1. The van der Waals surface area contributed by atoms with E-state index in [0.29, 0.717) is 0 Å². The summed E-state index contributed by atoms with van der Waals surface area (Å²) in [5.41, 5.74) is 0. The predicted octanol–water partition coefficient (Wildman–Crippen LogP) is 2.98. The molecule has 0 radical (unpaired) electrons. The van der Waals surface area contributed by atoms with Crippen molar-refractivity contribution in [3.63, 3.8) is 0 Å². The topological polar surface area (TPSA) is 35.1 Å². The lowest BCUT2D eigenvalue weighted by molar-refractivity contribution is 0.296. The monoisotopic (exact) mass is 271 g/mol. The zero-order chi connectivity index (χ0) is 13.5. The van der Waals surface area contributed by atoms with E-state index in [1.165, 1.54) is 0 Å². The Bertz CT molecular complexity index is 233. The van der Waals surface area contributed by atoms with Gasteiger partial charge in [0.25, 0.3) is 0 Å². The van der Waals surface area contributed by atoms with Crippen molar-refractivity contribution >= 4 is 11.4 Å². The average molecular weight is 271 g/mol. The smallest absolute Gasteiger partial charge is 0.140 e. The molecule has 0 aromatic carbocycles. The minimum Gasteiger partial charge on any atom is -0.598 e. The second kappa shape index (κ2) is 8.00. The number of halogens is 3. The maximum Gasteiger partial charge on any atom is 0.140 e. The highest BCUT2D eigenvalue weighted by atomic mass is 32.2. The molecule has 1 N–H and O–H groups in total. The number of hydrogen-bond acceptors (Lipinski definition) is 2. The van der Waals surface area contributed by atoms with Crippen LogP contribution in [0.5, 0.6) is 0 Å². The standard InChI is InChI=1S/C11H20F3NOS/c1-11(2,3)17(16)15-10(5-4-7-12)9(14)6-8-13/h6,8-10,15H,4-5,7H2,1-3H3/t9?,10?,17-/m0/s1. The first kappa shape index (κ1) is 16.8. The highest BCUT2D eigenvalue weighted by molar-refractivity contribution is 7.90. The molecule has 0 aromatic heterocycles. The van der Waals surface area contributed by atoms with Gasteiger partial charge in [-0.1, -0.05) is 0 Å². The Morgan fingerprint density at radius 1 is 1.41 bits per heavy atom. The molecule has 102 valence electrons. The van der Waals surface area contributed by atoms with Crippen molar-refractivity contribution in [1.82, 2.24) is 4.72 Å². The predicted molar refractivity (Wildman–Crippen MR) is 65.2 cm³/mol. The van der Waals surface area contributed by atoms with Crippen molar-refractivity contribution in [3.05, 3.63) is 12.4 Å². The SMILES string of the molecule is CC(C)(C)[S@+]([O-])NC(CCCF)C(F)C=CF. The molecular weight excluding hydrogens is 251 g/mol. The van der Waals surface area contributed by atoms with Crippen molar-refractivity contribution in [2.75, 3.05) is 6.67 Å². The van der Waals surface area contributed by atoms with Crippen LogP contribution < -0.4 is 4.72 Å². The molecule has 0 saturated carbocycles. The summed E-state index contributed by atoms with van der Waals surface area (Å²) >= 11 is -1.46. The number of rotatable bonds is 7. The Kier molecular flexibility index (Phi) is 7.91. The number of alkyl halides is 2. The van der Waals surface area contributed by atoms with Crippen molar-refractivity contribution < 1.29 is 17.7 Å². The van der Waals surface area contributed by atoms with Gasteiger partial charge in [-0.3, -0.25) is 4.39 Å². The summed E-state index contributed by atoms with van der Waals surface area (Å²) in [7, 11) is 0. The van der Waals surface area contributed by atoms with E-state index in [1.54, 1.807) is 20.8 Å². The van der Waals surface area contributed by atoms with E-state index >= 15 is 0 Å². The van der Waals surface area contributed by atoms with Gasteiger partial charge in [-0.2, -0.15) is 0 Å². The fraction of sp³-hybridized carbons (Fsp3) is 0.818. The van der Waals surface area contributed by atoms with Gasteiger partial charge in [0.05, 0.1) is 19.0 Å². The summed E-state index contributed by atoms with van der Waals surface area (Å²) in [5, 5.41) is 0. The second-order valence-corrected chi connectivity index (χ2v) is 6.70. The third-order valence-electron chi connectivity index (χ3n) is 2.10. The first-order valence-corrected chi connectivity index (χ1v) is 6.63. The van der Waals surface area contributed by atoms with Crippen molar-refractivity contribution in [2.24, 2.45) is 0 Å². The minimum absolute atomic E-state index is 0.106. The van der Waals surface area contributed by atoms with E-state index in [4.69, 9.17) is 0 Å². The summed E-state index contributed by atoms with van der Waals surface area (Å²) in [5.74, 6) is 0. The Hall–Kier alpha value is -0.200. The van der Waals surface area contributed by atoms with Crippen LogP contribution in [0, 0.1) is 0 Å². The Labute approximate surface area is 104 Å². The molecule has 0 saturated heterocycles. The molecule has 3 atom stereocenters. The van der Waals surface area contributed by atoms with Gasteiger partial charge in [-0.25, -0.2) is 8.78 Å². The van der Waals surface area contributed by atoms with Crippen molar-refractivity contribution in [3.8, 4) is 0 Å². The molecule has 0 rings (SSSR count). The van der Waals surface area contributed by atoms with Crippen LogP contribution in [-0.4, -0.2) is 28.2 Å². The van der Waals surface area contributed by atoms with Crippen molar-refractivity contribution in [1.29, 1.82) is 0 Å². The second-order valence-electron chi connectivity index (χ2n) is 4.70. The van der Waals surface area contributed by atoms with E-state index < -0.39 is 35.0 Å². The normalized spacial score (nSPS) is 18.3. The third kappa shape index (κ3) is 6.95. The molecule has 0 bridgehead atoms. The van der Waals surface area contributed by atoms with Gasteiger partial charge in [0.15, 0.2) is 0 Å². The Morgan fingerprint density at radius 3 is 2.41 bits per heavy atom. The van der Waals surface area contributed by atoms with E-state index in [9.17, 15) is 17.7 Å². The van der Waals surface area contributed by atoms with E-state index in [-0.39, 0.29) is 19.2 Å². The molecule has 0 fully saturated rings.